The van der Waals surface area contributed by atoms with Crippen LogP contribution in [-0.4, -0.2) is 30.9 Å². The number of nitrogens with zero attached hydrogens (tertiary/aromatic N) is 1. The highest BCUT2D eigenvalue weighted by Crippen LogP contribution is 1.95. The van der Waals surface area contributed by atoms with Gasteiger partial charge < -0.3 is 0 Å². The second-order valence-corrected chi connectivity index (χ2v) is 3.01. The van der Waals surface area contributed by atoms with Crippen LogP contribution >= 0.6 is 11.8 Å². The van der Waals surface area contributed by atoms with Gasteiger partial charge in [-0.3, -0.25) is 10.3 Å². The van der Waals surface area contributed by atoms with E-state index >= 15 is 0 Å². The fourth-order valence-electron chi connectivity index (χ4n) is 0.803. The van der Waals surface area contributed by atoms with Crippen molar-refractivity contribution in [2.24, 2.45) is 4.99 Å². The maximum Gasteiger partial charge on any atom is 0.0579 e. The fourth-order valence-corrected chi connectivity index (χ4v) is 1.18. The summed E-state index contributed by atoms with van der Waals surface area (Å²) in [6.07, 6.45) is 8.06. The van der Waals surface area contributed by atoms with E-state index in [1.807, 2.05) is 12.3 Å². The first kappa shape index (κ1) is 7.82. The van der Waals surface area contributed by atoms with E-state index in [0.717, 1.165) is 12.4 Å². The molecule has 0 aliphatic carbocycles. The quantitative estimate of drug-likeness (QED) is 0.614. The zero-order chi connectivity index (χ0) is 7.23. The minimum Gasteiger partial charge on any atom is -0.300 e. The molecule has 0 amide bonds. The van der Waals surface area contributed by atoms with Gasteiger partial charge in [0.2, 0.25) is 0 Å². The largest absolute Gasteiger partial charge is 0.300 e. The third-order valence-corrected chi connectivity index (χ3v) is 1.78. The van der Waals surface area contributed by atoms with Crippen molar-refractivity contribution in [1.29, 1.82) is 0 Å². The van der Waals surface area contributed by atoms with Crippen molar-refractivity contribution in [2.75, 3.05) is 18.7 Å². The van der Waals surface area contributed by atoms with Crippen molar-refractivity contribution in [3.05, 3.63) is 12.2 Å². The maximum absolute atomic E-state index is 4.13. The Morgan fingerprint density at radius 3 is 3.30 bits per heavy atom. The molecule has 1 atom stereocenters. The molecule has 0 radical (unpaired) electrons. The van der Waals surface area contributed by atoms with Gasteiger partial charge in [0, 0.05) is 18.1 Å². The Labute approximate surface area is 65.8 Å². The van der Waals surface area contributed by atoms with Crippen LogP contribution in [0.2, 0.25) is 0 Å². The van der Waals surface area contributed by atoms with E-state index < -0.39 is 0 Å². The number of rotatable bonds is 3. The van der Waals surface area contributed by atoms with Gasteiger partial charge in [-0.2, -0.15) is 0 Å². The Morgan fingerprint density at radius 2 is 2.70 bits per heavy atom. The summed E-state index contributed by atoms with van der Waals surface area (Å²) in [6.45, 7) is 0.886. The zero-order valence-electron chi connectivity index (χ0n) is 6.08. The van der Waals surface area contributed by atoms with Gasteiger partial charge in [0.05, 0.1) is 6.54 Å². The van der Waals surface area contributed by atoms with Crippen LogP contribution < -0.4 is 5.32 Å². The predicted molar refractivity (Wildman–Crippen MR) is 47.8 cm³/mol. The topological polar surface area (TPSA) is 24.4 Å². The van der Waals surface area contributed by atoms with E-state index in [-0.39, 0.29) is 0 Å². The molecule has 1 N–H and O–H groups in total. The van der Waals surface area contributed by atoms with Crippen LogP contribution in [-0.2, 0) is 0 Å². The van der Waals surface area contributed by atoms with Crippen LogP contribution in [0.1, 0.15) is 0 Å². The molecule has 3 heteroatoms. The molecule has 0 bridgehead atoms. The first-order valence-corrected chi connectivity index (χ1v) is 4.72. The van der Waals surface area contributed by atoms with E-state index in [1.165, 1.54) is 0 Å². The summed E-state index contributed by atoms with van der Waals surface area (Å²) >= 11 is 1.80. The van der Waals surface area contributed by atoms with Crippen molar-refractivity contribution in [1.82, 2.24) is 5.32 Å². The Balaban J connectivity index is 2.17. The molecule has 1 aliphatic heterocycles. The number of hydrogen-bond donors (Lipinski definition) is 1. The molecular formula is C7H12N2S. The molecule has 2 nitrogen and oxygen atoms in total. The number of aliphatic imine (C=N–C) groups is 1. The van der Waals surface area contributed by atoms with Gasteiger partial charge in [-0.05, 0) is 12.3 Å². The summed E-state index contributed by atoms with van der Waals surface area (Å²) < 4.78 is 0. The van der Waals surface area contributed by atoms with Crippen molar-refractivity contribution >= 4 is 18.0 Å². The summed E-state index contributed by atoms with van der Waals surface area (Å²) in [5, 5.41) is 3.33. The molecule has 1 unspecified atom stereocenters. The molecule has 0 saturated carbocycles. The summed E-state index contributed by atoms with van der Waals surface area (Å²) in [7, 11) is 0. The lowest BCUT2D eigenvalue weighted by Gasteiger charge is -2.12. The summed E-state index contributed by atoms with van der Waals surface area (Å²) in [5.74, 6) is 1.00. The van der Waals surface area contributed by atoms with E-state index in [4.69, 9.17) is 0 Å². The van der Waals surface area contributed by atoms with Gasteiger partial charge in [-0.1, -0.05) is 6.08 Å². The number of thioether (sulfide) groups is 1. The third kappa shape index (κ3) is 2.54. The van der Waals surface area contributed by atoms with Gasteiger partial charge in [0.1, 0.15) is 0 Å². The van der Waals surface area contributed by atoms with Gasteiger partial charge in [-0.15, -0.1) is 11.8 Å². The average Bonchev–Trinajstić information content (AvgIpc) is 2.03. The average molecular weight is 156 g/mol. The monoisotopic (exact) mass is 156 g/mol. The van der Waals surface area contributed by atoms with Gasteiger partial charge in [0.25, 0.3) is 0 Å². The van der Waals surface area contributed by atoms with Crippen LogP contribution in [0.5, 0.6) is 0 Å². The van der Waals surface area contributed by atoms with Crippen molar-refractivity contribution in [3.8, 4) is 0 Å². The lowest BCUT2D eigenvalue weighted by molar-refractivity contribution is 0.663. The molecular weight excluding hydrogens is 144 g/mol. The van der Waals surface area contributed by atoms with Crippen LogP contribution in [0.15, 0.2) is 17.1 Å². The predicted octanol–water partition coefficient (Wildman–Crippen LogP) is 0.906. The maximum atomic E-state index is 4.13. The molecule has 0 aromatic rings. The van der Waals surface area contributed by atoms with Crippen LogP contribution in [0.3, 0.4) is 0 Å². The third-order valence-electron chi connectivity index (χ3n) is 1.33. The highest BCUT2D eigenvalue weighted by atomic mass is 32.2. The SMILES string of the molecule is CSCNC1C=CC=NC1. The summed E-state index contributed by atoms with van der Waals surface area (Å²) in [4.78, 5) is 4.13. The Kier molecular flexibility index (Phi) is 3.54. The van der Waals surface area contributed by atoms with Crippen LogP contribution in [0.4, 0.5) is 0 Å². The molecule has 10 heavy (non-hydrogen) atoms. The Hall–Kier alpha value is -0.280. The van der Waals surface area contributed by atoms with Gasteiger partial charge in [0.15, 0.2) is 0 Å². The number of dihydropyridines is 1. The smallest absolute Gasteiger partial charge is 0.0579 e. The first-order valence-electron chi connectivity index (χ1n) is 3.32. The van der Waals surface area contributed by atoms with Gasteiger partial charge in [-0.25, -0.2) is 0 Å². The number of hydrogen-bond acceptors (Lipinski definition) is 3. The van der Waals surface area contributed by atoms with E-state index in [0.29, 0.717) is 6.04 Å². The second kappa shape index (κ2) is 4.52. The van der Waals surface area contributed by atoms with E-state index in [9.17, 15) is 0 Å². The molecule has 56 valence electrons. The van der Waals surface area contributed by atoms with E-state index in [2.05, 4.69) is 22.6 Å². The minimum atomic E-state index is 0.456. The molecule has 0 spiro atoms. The summed E-state index contributed by atoms with van der Waals surface area (Å²) in [6, 6.07) is 0.456. The standard InChI is InChI=1S/C7H12N2S/c1-10-6-9-7-3-2-4-8-5-7/h2-4,7,9H,5-6H2,1H3. The molecule has 1 aliphatic rings. The van der Waals surface area contributed by atoms with Crippen molar-refractivity contribution < 1.29 is 0 Å². The lowest BCUT2D eigenvalue weighted by atomic mass is 10.2. The Bertz CT molecular complexity index is 143. The normalized spacial score (nSPS) is 23.5. The highest BCUT2D eigenvalue weighted by molar-refractivity contribution is 7.98. The van der Waals surface area contributed by atoms with Crippen molar-refractivity contribution in [2.45, 2.75) is 6.04 Å². The Morgan fingerprint density at radius 1 is 1.80 bits per heavy atom. The van der Waals surface area contributed by atoms with E-state index in [1.54, 1.807) is 11.8 Å². The number of nitrogens with one attached hydrogen (secondary N) is 1. The van der Waals surface area contributed by atoms with Crippen LogP contribution in [0.25, 0.3) is 0 Å². The highest BCUT2D eigenvalue weighted by Gasteiger charge is 2.02. The molecule has 0 saturated heterocycles. The molecule has 0 aromatic carbocycles. The van der Waals surface area contributed by atoms with Crippen LogP contribution in [0, 0.1) is 0 Å². The lowest BCUT2D eigenvalue weighted by Crippen LogP contribution is -2.30. The minimum absolute atomic E-state index is 0.456. The molecule has 0 aromatic heterocycles. The molecule has 1 rings (SSSR count). The van der Waals surface area contributed by atoms with Crippen molar-refractivity contribution in [3.63, 3.8) is 0 Å². The molecule has 0 fully saturated rings. The van der Waals surface area contributed by atoms with Gasteiger partial charge >= 0.3 is 0 Å². The second-order valence-electron chi connectivity index (χ2n) is 2.14. The molecule has 1 heterocycles. The fraction of sp³-hybridized carbons (Fsp3) is 0.571. The summed E-state index contributed by atoms with van der Waals surface area (Å²) in [5.41, 5.74) is 0. The number of allylic oxidation sites excluding steroid dienone is 1. The zero-order valence-corrected chi connectivity index (χ0v) is 6.90. The first-order chi connectivity index (χ1) is 4.93.